The van der Waals surface area contributed by atoms with Gasteiger partial charge in [0, 0.05) is 23.2 Å². The van der Waals surface area contributed by atoms with E-state index in [1.54, 1.807) is 19.1 Å². The molecule has 3 N–H and O–H groups in total. The minimum Gasteiger partial charge on any atom is -0.448 e. The van der Waals surface area contributed by atoms with Crippen LogP contribution in [0.25, 0.3) is 0 Å². The summed E-state index contributed by atoms with van der Waals surface area (Å²) in [5.41, 5.74) is 7.72. The number of nitrogens with one attached hydrogen (secondary N) is 1. The summed E-state index contributed by atoms with van der Waals surface area (Å²) in [6.07, 6.45) is 2.71. The Kier molecular flexibility index (Phi) is 9.75. The number of thioether (sulfide) groups is 1. The second kappa shape index (κ2) is 13.8. The molecule has 2 aliphatic heterocycles. The summed E-state index contributed by atoms with van der Waals surface area (Å²) in [4.78, 5) is 51.1. The number of β-lactam (4-membered cyclic amide) rings is 1. The van der Waals surface area contributed by atoms with Gasteiger partial charge in [0.15, 0.2) is 11.2 Å². The molecule has 1 fully saturated rings. The Balaban J connectivity index is 1.41. The zero-order valence-electron chi connectivity index (χ0n) is 22.9. The smallest absolute Gasteiger partial charge is 0.356 e. The van der Waals surface area contributed by atoms with Crippen molar-refractivity contribution >= 4 is 63.5 Å². The fourth-order valence-electron chi connectivity index (χ4n) is 4.55. The number of esters is 1. The number of rotatable bonds is 11. The van der Waals surface area contributed by atoms with Crippen molar-refractivity contribution in [1.29, 1.82) is 0 Å². The standard InChI is InChI=1S/C29H27ClN6O5S2/c1-2-40-34-20(24-33-29(31)43-35-24)25(37)32-21-26(38)36-22(19(14-9-15-30)16-42-27(21)36)28(39)41-23(17-10-5-3-6-11-17)18-12-7-4-8-13-18/h3-14,21,23,27H,2,15-16H2,1H3,(H,32,37)(H2,31,33,35)/b14-9?,34-20-/t21?,27-/m0/s1. The van der Waals surface area contributed by atoms with Gasteiger partial charge < -0.3 is 20.6 Å². The SMILES string of the molecule is CCO/N=C(\C(=O)NC1C(=O)N2C(C(=O)OC(c3ccccc3)c3ccccc3)=C(C=CCCl)CS[C@@H]12)c1nsc(N)n1. The zero-order chi connectivity index (χ0) is 30.3. The molecule has 0 spiro atoms. The fraction of sp³-hybridized carbons (Fsp3) is 0.241. The van der Waals surface area contributed by atoms with Gasteiger partial charge in [0.25, 0.3) is 11.8 Å². The number of hydrogen-bond acceptors (Lipinski definition) is 11. The van der Waals surface area contributed by atoms with Crippen molar-refractivity contribution < 1.29 is 24.0 Å². The van der Waals surface area contributed by atoms with E-state index in [2.05, 4.69) is 19.8 Å². The Hall–Kier alpha value is -4.20. The predicted molar refractivity (Wildman–Crippen MR) is 165 cm³/mol. The lowest BCUT2D eigenvalue weighted by molar-refractivity contribution is -0.154. The number of carbonyl (C=O) groups is 3. The molecule has 3 aromatic rings. The number of carbonyl (C=O) groups excluding carboxylic acids is 3. The number of allylic oxidation sites excluding steroid dienone is 2. The van der Waals surface area contributed by atoms with Crippen molar-refractivity contribution in [1.82, 2.24) is 19.6 Å². The van der Waals surface area contributed by atoms with Crippen molar-refractivity contribution in [3.8, 4) is 0 Å². The minimum atomic E-state index is -0.944. The number of fused-ring (bicyclic) bond motifs is 1. The molecule has 2 atom stereocenters. The molecule has 14 heteroatoms. The van der Waals surface area contributed by atoms with E-state index in [9.17, 15) is 14.4 Å². The van der Waals surface area contributed by atoms with Crippen LogP contribution in [-0.2, 0) is 24.0 Å². The number of ether oxygens (including phenoxy) is 1. The highest BCUT2D eigenvalue weighted by atomic mass is 35.5. The van der Waals surface area contributed by atoms with Crippen LogP contribution < -0.4 is 11.1 Å². The quantitative estimate of drug-likeness (QED) is 0.106. The number of alkyl halides is 1. The van der Waals surface area contributed by atoms with Crippen molar-refractivity contribution in [2.45, 2.75) is 24.4 Å². The molecule has 2 aliphatic rings. The molecule has 0 saturated carbocycles. The number of nitrogen functional groups attached to an aromatic ring is 1. The Bertz CT molecular complexity index is 1540. The number of oxime groups is 1. The summed E-state index contributed by atoms with van der Waals surface area (Å²) in [5.74, 6) is -1.27. The van der Waals surface area contributed by atoms with Gasteiger partial charge in [-0.3, -0.25) is 14.5 Å². The number of benzene rings is 2. The first-order valence-corrected chi connectivity index (χ1v) is 15.6. The van der Waals surface area contributed by atoms with Gasteiger partial charge in [-0.1, -0.05) is 78.0 Å². The van der Waals surface area contributed by atoms with Crippen LogP contribution in [0.15, 0.2) is 89.2 Å². The van der Waals surface area contributed by atoms with Crippen molar-refractivity contribution in [2.75, 3.05) is 24.0 Å². The molecule has 1 saturated heterocycles. The molecule has 0 radical (unpaired) electrons. The summed E-state index contributed by atoms with van der Waals surface area (Å²) in [7, 11) is 0. The normalized spacial score (nSPS) is 18.4. The molecular formula is C29H27ClN6O5S2. The zero-order valence-corrected chi connectivity index (χ0v) is 25.3. The highest BCUT2D eigenvalue weighted by Crippen LogP contribution is 2.42. The third-order valence-electron chi connectivity index (χ3n) is 6.47. The number of amides is 2. The van der Waals surface area contributed by atoms with Gasteiger partial charge >= 0.3 is 5.97 Å². The molecular weight excluding hydrogens is 612 g/mol. The van der Waals surface area contributed by atoms with Crippen LogP contribution in [0.4, 0.5) is 5.13 Å². The van der Waals surface area contributed by atoms with E-state index in [1.165, 1.54) is 16.7 Å². The number of halogens is 1. The van der Waals surface area contributed by atoms with E-state index in [0.29, 0.717) is 11.3 Å². The second-order valence-corrected chi connectivity index (χ2v) is 11.4. The molecule has 2 amide bonds. The van der Waals surface area contributed by atoms with Gasteiger partial charge in [-0.15, -0.1) is 23.4 Å². The minimum absolute atomic E-state index is 0.0149. The first-order chi connectivity index (χ1) is 20.9. The van der Waals surface area contributed by atoms with E-state index in [-0.39, 0.29) is 34.9 Å². The average Bonchev–Trinajstić information content (AvgIpc) is 3.47. The number of aromatic nitrogens is 2. The van der Waals surface area contributed by atoms with Crippen LogP contribution in [0.3, 0.4) is 0 Å². The van der Waals surface area contributed by atoms with Gasteiger partial charge in [-0.25, -0.2) is 4.79 Å². The third-order valence-corrected chi connectivity index (χ3v) is 8.49. The molecule has 222 valence electrons. The summed E-state index contributed by atoms with van der Waals surface area (Å²) in [6, 6.07) is 17.8. The summed E-state index contributed by atoms with van der Waals surface area (Å²) in [5, 5.41) is 6.12. The molecule has 5 rings (SSSR count). The Morgan fingerprint density at radius 1 is 1.19 bits per heavy atom. The molecule has 1 aromatic heterocycles. The maximum Gasteiger partial charge on any atom is 0.356 e. The summed E-state index contributed by atoms with van der Waals surface area (Å²) in [6.45, 7) is 1.91. The number of hydrogen-bond donors (Lipinski definition) is 2. The van der Waals surface area contributed by atoms with Gasteiger partial charge in [-0.05, 0) is 23.6 Å². The Morgan fingerprint density at radius 3 is 2.44 bits per heavy atom. The number of nitrogens with zero attached hydrogens (tertiary/aromatic N) is 4. The molecule has 43 heavy (non-hydrogen) atoms. The van der Waals surface area contributed by atoms with Gasteiger partial charge in [0.05, 0.1) is 0 Å². The average molecular weight is 639 g/mol. The molecule has 11 nitrogen and oxygen atoms in total. The molecule has 3 heterocycles. The van der Waals surface area contributed by atoms with Gasteiger partial charge in [-0.2, -0.15) is 9.36 Å². The Labute approximate surface area is 260 Å². The van der Waals surface area contributed by atoms with Crippen molar-refractivity contribution in [3.05, 3.63) is 101 Å². The first kappa shape index (κ1) is 30.3. The second-order valence-electron chi connectivity index (χ2n) is 9.21. The number of nitrogens with two attached hydrogens (primary N) is 1. The summed E-state index contributed by atoms with van der Waals surface area (Å²) >= 11 is 8.20. The lowest BCUT2D eigenvalue weighted by Crippen LogP contribution is -2.71. The van der Waals surface area contributed by atoms with Crippen LogP contribution in [0.5, 0.6) is 0 Å². The van der Waals surface area contributed by atoms with Crippen molar-refractivity contribution in [2.24, 2.45) is 5.16 Å². The van der Waals surface area contributed by atoms with Crippen LogP contribution in [0.1, 0.15) is 30.0 Å². The van der Waals surface area contributed by atoms with E-state index in [4.69, 9.17) is 26.9 Å². The van der Waals surface area contributed by atoms with Crippen molar-refractivity contribution in [3.63, 3.8) is 0 Å². The highest BCUT2D eigenvalue weighted by Gasteiger charge is 2.54. The Morgan fingerprint density at radius 2 is 1.86 bits per heavy atom. The van der Waals surface area contributed by atoms with Gasteiger partial charge in [0.2, 0.25) is 11.5 Å². The lowest BCUT2D eigenvalue weighted by atomic mass is 10.0. The molecule has 0 aliphatic carbocycles. The first-order valence-electron chi connectivity index (χ1n) is 13.2. The monoisotopic (exact) mass is 638 g/mol. The fourth-order valence-corrected chi connectivity index (χ4v) is 6.39. The molecule has 1 unspecified atom stereocenters. The van der Waals surface area contributed by atoms with Gasteiger partial charge in [0.1, 0.15) is 23.7 Å². The maximum absolute atomic E-state index is 13.9. The topological polar surface area (TPSA) is 149 Å². The predicted octanol–water partition coefficient (Wildman–Crippen LogP) is 3.64. The lowest BCUT2D eigenvalue weighted by Gasteiger charge is -2.49. The van der Waals surface area contributed by atoms with E-state index >= 15 is 0 Å². The largest absolute Gasteiger partial charge is 0.448 e. The molecule has 0 bridgehead atoms. The number of anilines is 1. The summed E-state index contributed by atoms with van der Waals surface area (Å²) < 4.78 is 10.2. The highest BCUT2D eigenvalue weighted by molar-refractivity contribution is 8.00. The van der Waals surface area contributed by atoms with Crippen LogP contribution >= 0.6 is 34.9 Å². The van der Waals surface area contributed by atoms with Crippen LogP contribution in [-0.4, -0.2) is 67.4 Å². The van der Waals surface area contributed by atoms with Crippen LogP contribution in [0.2, 0.25) is 0 Å². The maximum atomic E-state index is 13.9. The third kappa shape index (κ3) is 6.58. The van der Waals surface area contributed by atoms with Crippen LogP contribution in [0, 0.1) is 0 Å². The van der Waals surface area contributed by atoms with E-state index < -0.39 is 35.3 Å². The molecule has 2 aromatic carbocycles. The van der Waals surface area contributed by atoms with E-state index in [1.807, 2.05) is 60.7 Å². The van der Waals surface area contributed by atoms with E-state index in [0.717, 1.165) is 22.7 Å².